The number of carbonyl (C=O) groups excluding carboxylic acids is 2. The summed E-state index contributed by atoms with van der Waals surface area (Å²) in [6.45, 7) is 3.96. The Morgan fingerprint density at radius 1 is 1.03 bits per heavy atom. The van der Waals surface area contributed by atoms with E-state index in [0.29, 0.717) is 17.4 Å². The van der Waals surface area contributed by atoms with Crippen molar-refractivity contribution in [1.82, 2.24) is 10.7 Å². The molecule has 0 aliphatic heterocycles. The lowest BCUT2D eigenvalue weighted by molar-refractivity contribution is -0.123. The average Bonchev–Trinajstić information content (AvgIpc) is 2.83. The van der Waals surface area contributed by atoms with E-state index in [1.807, 2.05) is 24.3 Å². The number of amides is 2. The minimum atomic E-state index is -0.810. The van der Waals surface area contributed by atoms with E-state index >= 15 is 0 Å². The number of benzene rings is 3. The SMILES string of the molecule is CC(C)C(NC(=O)c1ccc(F)cc1)C(=O)NN=Cc1ccc(OCc2ccccc2Cl)cc1. The zero-order valence-corrected chi connectivity index (χ0v) is 19.6. The molecule has 0 saturated carbocycles. The fraction of sp³-hybridized carbons (Fsp3) is 0.192. The summed E-state index contributed by atoms with van der Waals surface area (Å²) in [6, 6.07) is 19.0. The van der Waals surface area contributed by atoms with Gasteiger partial charge in [0.15, 0.2) is 0 Å². The first kappa shape index (κ1) is 24.9. The van der Waals surface area contributed by atoms with Crippen LogP contribution >= 0.6 is 11.6 Å². The highest BCUT2D eigenvalue weighted by molar-refractivity contribution is 6.31. The van der Waals surface area contributed by atoms with Gasteiger partial charge in [-0.2, -0.15) is 5.10 Å². The molecule has 1 unspecified atom stereocenters. The summed E-state index contributed by atoms with van der Waals surface area (Å²) in [5.74, 6) is -0.880. The van der Waals surface area contributed by atoms with E-state index in [9.17, 15) is 14.0 Å². The maximum Gasteiger partial charge on any atom is 0.262 e. The van der Waals surface area contributed by atoms with Crippen molar-refractivity contribution in [1.29, 1.82) is 0 Å². The van der Waals surface area contributed by atoms with Gasteiger partial charge < -0.3 is 10.1 Å². The summed E-state index contributed by atoms with van der Waals surface area (Å²) in [6.07, 6.45) is 1.49. The number of rotatable bonds is 9. The molecule has 0 spiro atoms. The van der Waals surface area contributed by atoms with Crippen LogP contribution in [0, 0.1) is 11.7 Å². The quantitative estimate of drug-likeness (QED) is 0.335. The number of halogens is 2. The first-order valence-electron chi connectivity index (χ1n) is 10.7. The summed E-state index contributed by atoms with van der Waals surface area (Å²) < 4.78 is 18.8. The molecule has 2 amide bonds. The van der Waals surface area contributed by atoms with Crippen molar-refractivity contribution in [3.05, 3.63) is 100 Å². The van der Waals surface area contributed by atoms with Gasteiger partial charge >= 0.3 is 0 Å². The summed E-state index contributed by atoms with van der Waals surface area (Å²) in [4.78, 5) is 25.0. The second-order valence-electron chi connectivity index (χ2n) is 7.89. The van der Waals surface area contributed by atoms with Crippen molar-refractivity contribution in [3.8, 4) is 5.75 Å². The van der Waals surface area contributed by atoms with Crippen LogP contribution in [-0.2, 0) is 11.4 Å². The van der Waals surface area contributed by atoms with E-state index in [0.717, 1.165) is 11.1 Å². The van der Waals surface area contributed by atoms with Crippen LogP contribution in [0.5, 0.6) is 5.75 Å². The molecule has 1 atom stereocenters. The fourth-order valence-corrected chi connectivity index (χ4v) is 3.22. The Hall–Kier alpha value is -3.71. The molecule has 0 aliphatic rings. The van der Waals surface area contributed by atoms with Gasteiger partial charge in [-0.3, -0.25) is 9.59 Å². The molecule has 2 N–H and O–H groups in total. The van der Waals surface area contributed by atoms with Crippen molar-refractivity contribution in [2.24, 2.45) is 11.0 Å². The van der Waals surface area contributed by atoms with Crippen LogP contribution in [0.3, 0.4) is 0 Å². The van der Waals surface area contributed by atoms with Crippen LogP contribution in [0.4, 0.5) is 4.39 Å². The largest absolute Gasteiger partial charge is 0.489 e. The zero-order valence-electron chi connectivity index (χ0n) is 18.8. The number of nitrogens with one attached hydrogen (secondary N) is 2. The summed E-state index contributed by atoms with van der Waals surface area (Å²) in [5, 5.41) is 7.30. The van der Waals surface area contributed by atoms with E-state index in [1.54, 1.807) is 38.1 Å². The van der Waals surface area contributed by atoms with E-state index in [2.05, 4.69) is 15.8 Å². The lowest BCUT2D eigenvalue weighted by atomic mass is 10.0. The van der Waals surface area contributed by atoms with Gasteiger partial charge in [0, 0.05) is 16.1 Å². The standard InChI is InChI=1S/C26H25ClFN3O3/c1-17(2)24(30-25(32)19-9-11-21(28)12-10-19)26(33)31-29-15-18-7-13-22(14-8-18)34-16-20-5-3-4-6-23(20)27/h3-15,17,24H,16H2,1-2H3,(H,30,32)(H,31,33). The summed E-state index contributed by atoms with van der Waals surface area (Å²) in [5.41, 5.74) is 4.36. The van der Waals surface area contributed by atoms with Crippen LogP contribution in [0.15, 0.2) is 77.9 Å². The van der Waals surface area contributed by atoms with E-state index in [1.165, 1.54) is 30.5 Å². The summed E-state index contributed by atoms with van der Waals surface area (Å²) >= 11 is 6.14. The molecule has 8 heteroatoms. The Bertz CT molecular complexity index is 1150. The smallest absolute Gasteiger partial charge is 0.262 e. The lowest BCUT2D eigenvalue weighted by Crippen LogP contribution is -2.48. The number of ether oxygens (including phenoxy) is 1. The Morgan fingerprint density at radius 2 is 1.71 bits per heavy atom. The van der Waals surface area contributed by atoms with Gasteiger partial charge in [0.2, 0.25) is 0 Å². The molecule has 6 nitrogen and oxygen atoms in total. The molecule has 3 aromatic rings. The molecule has 3 rings (SSSR count). The molecular formula is C26H25ClFN3O3. The predicted octanol–water partition coefficient (Wildman–Crippen LogP) is 4.96. The van der Waals surface area contributed by atoms with E-state index < -0.39 is 23.7 Å². The van der Waals surface area contributed by atoms with Gasteiger partial charge in [-0.15, -0.1) is 0 Å². The second-order valence-corrected chi connectivity index (χ2v) is 8.29. The highest BCUT2D eigenvalue weighted by Crippen LogP contribution is 2.18. The third-order valence-electron chi connectivity index (χ3n) is 4.96. The van der Waals surface area contributed by atoms with E-state index in [4.69, 9.17) is 16.3 Å². The average molecular weight is 482 g/mol. The number of hydrogen-bond donors (Lipinski definition) is 2. The van der Waals surface area contributed by atoms with Crippen molar-refractivity contribution < 1.29 is 18.7 Å². The van der Waals surface area contributed by atoms with Crippen LogP contribution in [0.2, 0.25) is 5.02 Å². The van der Waals surface area contributed by atoms with Crippen molar-refractivity contribution in [3.63, 3.8) is 0 Å². The number of carbonyl (C=O) groups is 2. The fourth-order valence-electron chi connectivity index (χ4n) is 3.03. The van der Waals surface area contributed by atoms with E-state index in [-0.39, 0.29) is 11.5 Å². The molecule has 0 heterocycles. The predicted molar refractivity (Wildman–Crippen MR) is 130 cm³/mol. The molecule has 0 saturated heterocycles. The second kappa shape index (κ2) is 12.0. The first-order valence-corrected chi connectivity index (χ1v) is 11.1. The molecular weight excluding hydrogens is 457 g/mol. The van der Waals surface area contributed by atoms with Gasteiger partial charge in [0.05, 0.1) is 6.21 Å². The van der Waals surface area contributed by atoms with Crippen LogP contribution in [0.1, 0.15) is 35.3 Å². The van der Waals surface area contributed by atoms with Gasteiger partial charge in [0.25, 0.3) is 11.8 Å². The van der Waals surface area contributed by atoms with Gasteiger partial charge in [-0.05, 0) is 66.1 Å². The molecule has 0 fully saturated rings. The van der Waals surface area contributed by atoms with Gasteiger partial charge in [-0.25, -0.2) is 9.82 Å². The summed E-state index contributed by atoms with van der Waals surface area (Å²) in [7, 11) is 0. The number of nitrogens with zero attached hydrogens (tertiary/aromatic N) is 1. The van der Waals surface area contributed by atoms with Crippen molar-refractivity contribution in [2.45, 2.75) is 26.5 Å². The first-order chi connectivity index (χ1) is 16.3. The third kappa shape index (κ3) is 7.15. The van der Waals surface area contributed by atoms with Crippen LogP contribution in [0.25, 0.3) is 0 Å². The molecule has 176 valence electrons. The van der Waals surface area contributed by atoms with Crippen LogP contribution < -0.4 is 15.5 Å². The van der Waals surface area contributed by atoms with Gasteiger partial charge in [-0.1, -0.05) is 43.6 Å². The Balaban J connectivity index is 1.53. The van der Waals surface area contributed by atoms with Crippen molar-refractivity contribution in [2.75, 3.05) is 0 Å². The molecule has 0 bridgehead atoms. The van der Waals surface area contributed by atoms with Crippen molar-refractivity contribution >= 4 is 29.6 Å². The Morgan fingerprint density at radius 3 is 2.35 bits per heavy atom. The maximum atomic E-state index is 13.1. The zero-order chi connectivity index (χ0) is 24.5. The normalized spacial score (nSPS) is 11.9. The molecule has 0 aliphatic carbocycles. The van der Waals surface area contributed by atoms with Gasteiger partial charge in [0.1, 0.15) is 24.2 Å². The minimum absolute atomic E-state index is 0.186. The Labute approximate surface area is 202 Å². The highest BCUT2D eigenvalue weighted by Gasteiger charge is 2.24. The molecule has 34 heavy (non-hydrogen) atoms. The maximum absolute atomic E-state index is 13.1. The number of hydrazone groups is 1. The Kier molecular flexibility index (Phi) is 8.76. The lowest BCUT2D eigenvalue weighted by Gasteiger charge is -2.20. The molecule has 0 aromatic heterocycles. The number of hydrogen-bond acceptors (Lipinski definition) is 4. The topological polar surface area (TPSA) is 79.8 Å². The molecule has 3 aromatic carbocycles. The minimum Gasteiger partial charge on any atom is -0.489 e. The monoisotopic (exact) mass is 481 g/mol. The third-order valence-corrected chi connectivity index (χ3v) is 5.33. The van der Waals surface area contributed by atoms with Crippen LogP contribution in [-0.4, -0.2) is 24.1 Å². The highest BCUT2D eigenvalue weighted by atomic mass is 35.5. The molecule has 0 radical (unpaired) electrons.